The molecule has 25 heavy (non-hydrogen) atoms. The highest BCUT2D eigenvalue weighted by molar-refractivity contribution is 5.33. The predicted molar refractivity (Wildman–Crippen MR) is 107 cm³/mol. The first-order valence-corrected chi connectivity index (χ1v) is 9.16. The third-order valence-corrected chi connectivity index (χ3v) is 4.22. The fourth-order valence-electron chi connectivity index (χ4n) is 3.36. The molecule has 2 aromatic carbocycles. The van der Waals surface area contributed by atoms with Crippen molar-refractivity contribution in [3.8, 4) is 5.75 Å². The SMILES string of the molecule is Cc1ccc(COc2ccccc2CNC(C)(C)CC(C)(C)C)cc1. The smallest absolute Gasteiger partial charge is 0.124 e. The quantitative estimate of drug-likeness (QED) is 0.680. The van der Waals surface area contributed by atoms with Crippen LogP contribution in [0.15, 0.2) is 48.5 Å². The molecular formula is C23H33NO. The van der Waals surface area contributed by atoms with E-state index in [1.807, 2.05) is 6.07 Å². The van der Waals surface area contributed by atoms with Crippen molar-refractivity contribution in [3.05, 3.63) is 65.2 Å². The molecule has 0 saturated heterocycles. The summed E-state index contributed by atoms with van der Waals surface area (Å²) in [6.07, 6.45) is 1.12. The lowest BCUT2D eigenvalue weighted by Crippen LogP contribution is -2.41. The van der Waals surface area contributed by atoms with E-state index in [2.05, 4.69) is 89.3 Å². The van der Waals surface area contributed by atoms with Gasteiger partial charge in [-0.1, -0.05) is 68.8 Å². The van der Waals surface area contributed by atoms with Gasteiger partial charge in [0.15, 0.2) is 0 Å². The van der Waals surface area contributed by atoms with Crippen LogP contribution in [-0.2, 0) is 13.2 Å². The second kappa shape index (κ2) is 8.05. The van der Waals surface area contributed by atoms with Gasteiger partial charge in [0.2, 0.25) is 0 Å². The maximum Gasteiger partial charge on any atom is 0.124 e. The zero-order valence-corrected chi connectivity index (χ0v) is 16.6. The van der Waals surface area contributed by atoms with E-state index in [-0.39, 0.29) is 5.54 Å². The minimum Gasteiger partial charge on any atom is -0.489 e. The standard InChI is InChI=1S/C23H33NO/c1-18-11-13-19(14-12-18)16-25-21-10-8-7-9-20(21)15-24-23(5,6)17-22(2,3)4/h7-14,24H,15-17H2,1-6H3. The molecule has 0 fully saturated rings. The van der Waals surface area contributed by atoms with Crippen molar-refractivity contribution >= 4 is 0 Å². The lowest BCUT2D eigenvalue weighted by atomic mass is 9.82. The Balaban J connectivity index is 1.99. The highest BCUT2D eigenvalue weighted by atomic mass is 16.5. The van der Waals surface area contributed by atoms with E-state index < -0.39 is 0 Å². The molecule has 0 amide bonds. The molecular weight excluding hydrogens is 306 g/mol. The van der Waals surface area contributed by atoms with Crippen LogP contribution in [0.2, 0.25) is 0 Å². The van der Waals surface area contributed by atoms with Gasteiger partial charge < -0.3 is 10.1 Å². The number of para-hydroxylation sites is 1. The predicted octanol–water partition coefficient (Wildman–Crippen LogP) is 5.88. The Labute approximate surface area is 153 Å². The fraction of sp³-hybridized carbons (Fsp3) is 0.478. The van der Waals surface area contributed by atoms with Gasteiger partial charge in [0, 0.05) is 17.6 Å². The van der Waals surface area contributed by atoms with Crippen molar-refractivity contribution in [2.75, 3.05) is 0 Å². The van der Waals surface area contributed by atoms with E-state index in [0.717, 1.165) is 18.7 Å². The highest BCUT2D eigenvalue weighted by Crippen LogP contribution is 2.28. The number of nitrogens with one attached hydrogen (secondary N) is 1. The summed E-state index contributed by atoms with van der Waals surface area (Å²) in [5.41, 5.74) is 4.06. The van der Waals surface area contributed by atoms with Gasteiger partial charge in [-0.3, -0.25) is 0 Å². The maximum atomic E-state index is 6.09. The molecule has 0 heterocycles. The normalized spacial score (nSPS) is 12.2. The van der Waals surface area contributed by atoms with Crippen LogP contribution in [-0.4, -0.2) is 5.54 Å². The summed E-state index contributed by atoms with van der Waals surface area (Å²) in [6.45, 7) is 14.9. The third kappa shape index (κ3) is 6.91. The Morgan fingerprint density at radius 2 is 1.52 bits per heavy atom. The molecule has 0 aliphatic carbocycles. The van der Waals surface area contributed by atoms with Crippen LogP contribution in [0.25, 0.3) is 0 Å². The maximum absolute atomic E-state index is 6.09. The molecule has 0 aromatic heterocycles. The van der Waals surface area contributed by atoms with Gasteiger partial charge in [0.05, 0.1) is 0 Å². The van der Waals surface area contributed by atoms with Crippen molar-refractivity contribution < 1.29 is 4.74 Å². The number of hydrogen-bond donors (Lipinski definition) is 1. The van der Waals surface area contributed by atoms with Crippen LogP contribution < -0.4 is 10.1 Å². The zero-order valence-electron chi connectivity index (χ0n) is 16.6. The van der Waals surface area contributed by atoms with E-state index in [0.29, 0.717) is 12.0 Å². The first kappa shape index (κ1) is 19.5. The Morgan fingerprint density at radius 3 is 2.16 bits per heavy atom. The van der Waals surface area contributed by atoms with Gasteiger partial charge >= 0.3 is 0 Å². The molecule has 2 rings (SSSR count). The summed E-state index contributed by atoms with van der Waals surface area (Å²) < 4.78 is 6.09. The topological polar surface area (TPSA) is 21.3 Å². The molecule has 136 valence electrons. The van der Waals surface area contributed by atoms with Crippen LogP contribution in [0.1, 0.15) is 57.7 Å². The molecule has 2 aromatic rings. The van der Waals surface area contributed by atoms with Crippen LogP contribution in [0.5, 0.6) is 5.75 Å². The molecule has 0 aliphatic rings. The van der Waals surface area contributed by atoms with Crippen molar-refractivity contribution in [1.82, 2.24) is 5.32 Å². The first-order valence-electron chi connectivity index (χ1n) is 9.16. The van der Waals surface area contributed by atoms with Gasteiger partial charge in [0.1, 0.15) is 12.4 Å². The van der Waals surface area contributed by atoms with E-state index in [1.165, 1.54) is 16.7 Å². The molecule has 0 atom stereocenters. The second-order valence-electron chi connectivity index (χ2n) is 8.86. The summed E-state index contributed by atoms with van der Waals surface area (Å²) in [6, 6.07) is 16.8. The van der Waals surface area contributed by atoms with E-state index in [4.69, 9.17) is 4.74 Å². The number of aryl methyl sites for hydroxylation is 1. The van der Waals surface area contributed by atoms with Gasteiger partial charge in [-0.2, -0.15) is 0 Å². The summed E-state index contributed by atoms with van der Waals surface area (Å²) >= 11 is 0. The van der Waals surface area contributed by atoms with E-state index in [1.54, 1.807) is 0 Å². The molecule has 1 N–H and O–H groups in total. The molecule has 0 radical (unpaired) electrons. The molecule has 0 aliphatic heterocycles. The number of hydrogen-bond acceptors (Lipinski definition) is 2. The summed E-state index contributed by atoms with van der Waals surface area (Å²) in [7, 11) is 0. The minimum absolute atomic E-state index is 0.0856. The Hall–Kier alpha value is -1.80. The summed E-state index contributed by atoms with van der Waals surface area (Å²) in [5, 5.41) is 3.70. The van der Waals surface area contributed by atoms with Crippen LogP contribution in [0.3, 0.4) is 0 Å². The van der Waals surface area contributed by atoms with Crippen molar-refractivity contribution in [1.29, 1.82) is 0 Å². The van der Waals surface area contributed by atoms with E-state index >= 15 is 0 Å². The number of ether oxygens (including phenoxy) is 1. The Bertz CT molecular complexity index is 665. The zero-order chi connectivity index (χ0) is 18.5. The lowest BCUT2D eigenvalue weighted by Gasteiger charge is -2.33. The van der Waals surface area contributed by atoms with Crippen LogP contribution >= 0.6 is 0 Å². The summed E-state index contributed by atoms with van der Waals surface area (Å²) in [5.74, 6) is 0.960. The highest BCUT2D eigenvalue weighted by Gasteiger charge is 2.25. The Morgan fingerprint density at radius 1 is 0.880 bits per heavy atom. The second-order valence-corrected chi connectivity index (χ2v) is 8.86. The third-order valence-electron chi connectivity index (χ3n) is 4.22. The molecule has 0 unspecified atom stereocenters. The van der Waals surface area contributed by atoms with Gasteiger partial charge in [-0.15, -0.1) is 0 Å². The van der Waals surface area contributed by atoms with Gasteiger partial charge in [-0.05, 0) is 44.2 Å². The van der Waals surface area contributed by atoms with Crippen molar-refractivity contribution in [2.24, 2.45) is 5.41 Å². The van der Waals surface area contributed by atoms with Crippen molar-refractivity contribution in [3.63, 3.8) is 0 Å². The number of benzene rings is 2. The molecule has 0 spiro atoms. The number of rotatable bonds is 7. The Kier molecular flexibility index (Phi) is 6.29. The molecule has 0 bridgehead atoms. The fourth-order valence-corrected chi connectivity index (χ4v) is 3.36. The lowest BCUT2D eigenvalue weighted by molar-refractivity contribution is 0.238. The summed E-state index contributed by atoms with van der Waals surface area (Å²) in [4.78, 5) is 0. The molecule has 0 saturated carbocycles. The van der Waals surface area contributed by atoms with E-state index in [9.17, 15) is 0 Å². The monoisotopic (exact) mass is 339 g/mol. The first-order chi connectivity index (χ1) is 11.6. The average molecular weight is 340 g/mol. The van der Waals surface area contributed by atoms with Gasteiger partial charge in [-0.25, -0.2) is 0 Å². The largest absolute Gasteiger partial charge is 0.489 e. The molecule has 2 heteroatoms. The van der Waals surface area contributed by atoms with Crippen LogP contribution in [0, 0.1) is 12.3 Å². The molecule has 2 nitrogen and oxygen atoms in total. The van der Waals surface area contributed by atoms with Crippen LogP contribution in [0.4, 0.5) is 0 Å². The van der Waals surface area contributed by atoms with Crippen molar-refractivity contribution in [2.45, 2.75) is 66.7 Å². The van der Waals surface area contributed by atoms with Gasteiger partial charge in [0.25, 0.3) is 0 Å². The average Bonchev–Trinajstić information content (AvgIpc) is 2.51. The minimum atomic E-state index is 0.0856.